The van der Waals surface area contributed by atoms with Gasteiger partial charge in [0.2, 0.25) is 0 Å². The monoisotopic (exact) mass is 201 g/mol. The lowest BCUT2D eigenvalue weighted by Gasteiger charge is -2.28. The Hall–Kier alpha value is 0.310. The molecular weight excluding hydrogens is 178 g/mol. The second-order valence-electron chi connectivity index (χ2n) is 5.46. The molecule has 1 atom stereocenters. The van der Waals surface area contributed by atoms with E-state index in [1.807, 2.05) is 0 Å². The molecule has 0 saturated carbocycles. The van der Waals surface area contributed by atoms with E-state index in [-0.39, 0.29) is 0 Å². The van der Waals surface area contributed by atoms with Crippen molar-refractivity contribution in [2.45, 2.75) is 57.9 Å². The first-order valence-electron chi connectivity index (χ1n) is 5.26. The fourth-order valence-electron chi connectivity index (χ4n) is 1.83. The fourth-order valence-corrected chi connectivity index (χ4v) is 3.19. The van der Waals surface area contributed by atoms with Crippen molar-refractivity contribution >= 4 is 11.8 Å². The Bertz CT molecular complexity index is 177. The Kier molecular flexibility index (Phi) is 3.34. The van der Waals surface area contributed by atoms with Crippen LogP contribution in [0.25, 0.3) is 0 Å². The summed E-state index contributed by atoms with van der Waals surface area (Å²) >= 11 is 2.08. The predicted molar refractivity (Wildman–Crippen MR) is 62.1 cm³/mol. The number of hydrogen-bond donors (Lipinski definition) is 1. The van der Waals surface area contributed by atoms with Crippen LogP contribution in [0.2, 0.25) is 0 Å². The highest BCUT2D eigenvalue weighted by atomic mass is 32.2. The largest absolute Gasteiger partial charge is 0.297 e. The van der Waals surface area contributed by atoms with Gasteiger partial charge in [0.25, 0.3) is 0 Å². The minimum Gasteiger partial charge on any atom is -0.297 e. The quantitative estimate of drug-likeness (QED) is 0.752. The maximum Gasteiger partial charge on any atom is 0.0621 e. The van der Waals surface area contributed by atoms with Crippen LogP contribution in [-0.4, -0.2) is 16.2 Å². The van der Waals surface area contributed by atoms with Gasteiger partial charge in [-0.1, -0.05) is 13.8 Å². The average molecular weight is 201 g/mol. The molecule has 1 heterocycles. The molecule has 0 amide bonds. The van der Waals surface area contributed by atoms with Crippen molar-refractivity contribution in [1.82, 2.24) is 5.32 Å². The molecule has 1 aliphatic heterocycles. The van der Waals surface area contributed by atoms with Crippen LogP contribution in [0.15, 0.2) is 0 Å². The Morgan fingerprint density at radius 1 is 1.31 bits per heavy atom. The van der Waals surface area contributed by atoms with E-state index in [0.29, 0.717) is 10.4 Å². The van der Waals surface area contributed by atoms with Crippen LogP contribution in [0, 0.1) is 5.92 Å². The Balaban J connectivity index is 2.41. The normalized spacial score (nSPS) is 32.8. The molecule has 0 aromatic carbocycles. The predicted octanol–water partition coefficient (Wildman–Crippen LogP) is 3.25. The van der Waals surface area contributed by atoms with Crippen molar-refractivity contribution in [3.8, 4) is 0 Å². The van der Waals surface area contributed by atoms with E-state index in [0.717, 1.165) is 5.92 Å². The summed E-state index contributed by atoms with van der Waals surface area (Å²) in [6.07, 6.45) is 2.62. The molecule has 0 aromatic heterocycles. The zero-order chi connectivity index (χ0) is 10.1. The van der Waals surface area contributed by atoms with Gasteiger partial charge in [-0.05, 0) is 39.5 Å². The van der Waals surface area contributed by atoms with Gasteiger partial charge in [0.15, 0.2) is 0 Å². The van der Waals surface area contributed by atoms with Crippen molar-refractivity contribution in [2.24, 2.45) is 5.92 Å². The molecule has 0 radical (unpaired) electrons. The topological polar surface area (TPSA) is 12.0 Å². The van der Waals surface area contributed by atoms with Crippen molar-refractivity contribution in [1.29, 1.82) is 0 Å². The van der Waals surface area contributed by atoms with Crippen LogP contribution in [-0.2, 0) is 0 Å². The van der Waals surface area contributed by atoms with E-state index in [1.165, 1.54) is 18.6 Å². The SMILES string of the molecule is CC(C)CCC1(C)NC(C)(C)CS1. The van der Waals surface area contributed by atoms with Crippen molar-refractivity contribution in [2.75, 3.05) is 5.75 Å². The van der Waals surface area contributed by atoms with Crippen LogP contribution < -0.4 is 5.32 Å². The third kappa shape index (κ3) is 3.51. The lowest BCUT2D eigenvalue weighted by molar-refractivity contribution is 0.348. The second-order valence-corrected chi connectivity index (χ2v) is 6.94. The van der Waals surface area contributed by atoms with Crippen molar-refractivity contribution in [3.63, 3.8) is 0 Å². The Labute approximate surface area is 87.1 Å². The van der Waals surface area contributed by atoms with Crippen molar-refractivity contribution < 1.29 is 0 Å². The van der Waals surface area contributed by atoms with Crippen molar-refractivity contribution in [3.05, 3.63) is 0 Å². The summed E-state index contributed by atoms with van der Waals surface area (Å²) < 4.78 is 0. The zero-order valence-electron chi connectivity index (χ0n) is 9.61. The molecule has 0 bridgehead atoms. The molecule has 78 valence electrons. The molecule has 0 aliphatic carbocycles. The minimum absolute atomic E-state index is 0.327. The number of thioether (sulfide) groups is 1. The van der Waals surface area contributed by atoms with Gasteiger partial charge in [0, 0.05) is 11.3 Å². The highest BCUT2D eigenvalue weighted by molar-refractivity contribution is 8.00. The molecule has 1 N–H and O–H groups in total. The van der Waals surface area contributed by atoms with E-state index >= 15 is 0 Å². The van der Waals surface area contributed by atoms with Gasteiger partial charge in [-0.25, -0.2) is 0 Å². The summed E-state index contributed by atoms with van der Waals surface area (Å²) in [4.78, 5) is 0.327. The molecule has 1 rings (SSSR count). The van der Waals surface area contributed by atoms with Gasteiger partial charge in [0.05, 0.1) is 4.87 Å². The third-order valence-electron chi connectivity index (χ3n) is 2.55. The lowest BCUT2D eigenvalue weighted by Crippen LogP contribution is -2.45. The first-order chi connectivity index (χ1) is 5.83. The van der Waals surface area contributed by atoms with Gasteiger partial charge in [-0.3, -0.25) is 5.32 Å². The molecular formula is C11H23NS. The molecule has 13 heavy (non-hydrogen) atoms. The van der Waals surface area contributed by atoms with Gasteiger partial charge < -0.3 is 0 Å². The molecule has 1 aliphatic rings. The van der Waals surface area contributed by atoms with Gasteiger partial charge in [-0.15, -0.1) is 11.8 Å². The standard InChI is InChI=1S/C11H23NS/c1-9(2)6-7-11(5)12-10(3,4)8-13-11/h9,12H,6-8H2,1-5H3. The first kappa shape index (κ1) is 11.4. The lowest BCUT2D eigenvalue weighted by atomic mass is 10.0. The van der Waals surface area contributed by atoms with E-state index in [1.54, 1.807) is 0 Å². The second kappa shape index (κ2) is 3.82. The highest BCUT2D eigenvalue weighted by Crippen LogP contribution is 2.38. The molecule has 0 spiro atoms. The molecule has 1 unspecified atom stereocenters. The van der Waals surface area contributed by atoms with E-state index in [2.05, 4.69) is 51.7 Å². The van der Waals surface area contributed by atoms with E-state index < -0.39 is 0 Å². The van der Waals surface area contributed by atoms with Crippen LogP contribution in [0.3, 0.4) is 0 Å². The maximum absolute atomic E-state index is 3.72. The summed E-state index contributed by atoms with van der Waals surface area (Å²) in [6, 6.07) is 0. The smallest absolute Gasteiger partial charge is 0.0621 e. The average Bonchev–Trinajstić information content (AvgIpc) is 2.23. The fraction of sp³-hybridized carbons (Fsp3) is 1.00. The van der Waals surface area contributed by atoms with Crippen LogP contribution in [0.4, 0.5) is 0 Å². The summed E-state index contributed by atoms with van der Waals surface area (Å²) in [7, 11) is 0. The molecule has 1 saturated heterocycles. The zero-order valence-corrected chi connectivity index (χ0v) is 10.4. The number of nitrogens with one attached hydrogen (secondary N) is 1. The summed E-state index contributed by atoms with van der Waals surface area (Å²) in [6.45, 7) is 11.5. The van der Waals surface area contributed by atoms with Crippen LogP contribution in [0.1, 0.15) is 47.5 Å². The summed E-state index contributed by atoms with van der Waals surface area (Å²) in [5.74, 6) is 2.06. The third-order valence-corrected chi connectivity index (χ3v) is 4.36. The molecule has 0 aromatic rings. The molecule has 1 nitrogen and oxygen atoms in total. The molecule has 1 fully saturated rings. The number of hydrogen-bond acceptors (Lipinski definition) is 2. The van der Waals surface area contributed by atoms with Gasteiger partial charge >= 0.3 is 0 Å². The van der Waals surface area contributed by atoms with Gasteiger partial charge in [-0.2, -0.15) is 0 Å². The minimum atomic E-state index is 0.327. The van der Waals surface area contributed by atoms with Gasteiger partial charge in [0.1, 0.15) is 0 Å². The highest BCUT2D eigenvalue weighted by Gasteiger charge is 2.38. The Morgan fingerprint density at radius 3 is 2.31 bits per heavy atom. The molecule has 2 heteroatoms. The van der Waals surface area contributed by atoms with E-state index in [9.17, 15) is 0 Å². The Morgan fingerprint density at radius 2 is 1.92 bits per heavy atom. The first-order valence-corrected chi connectivity index (χ1v) is 6.25. The summed E-state index contributed by atoms with van der Waals surface area (Å²) in [5.41, 5.74) is 0.330. The maximum atomic E-state index is 3.72. The number of rotatable bonds is 3. The summed E-state index contributed by atoms with van der Waals surface area (Å²) in [5, 5.41) is 3.72. The van der Waals surface area contributed by atoms with E-state index in [4.69, 9.17) is 0 Å². The van der Waals surface area contributed by atoms with Crippen LogP contribution >= 0.6 is 11.8 Å². The van der Waals surface area contributed by atoms with Crippen LogP contribution in [0.5, 0.6) is 0 Å².